The first-order valence-electron chi connectivity index (χ1n) is 6.90. The molecule has 1 N–H and O–H groups in total. The lowest BCUT2D eigenvalue weighted by molar-refractivity contribution is 0.101. The summed E-state index contributed by atoms with van der Waals surface area (Å²) in [5.41, 5.74) is 2.73. The molecule has 0 saturated heterocycles. The summed E-state index contributed by atoms with van der Waals surface area (Å²) in [6.07, 6.45) is 0.783. The third-order valence-electron chi connectivity index (χ3n) is 3.43. The second-order valence-electron chi connectivity index (χ2n) is 5.00. The second-order valence-corrected chi connectivity index (χ2v) is 5.00. The highest BCUT2D eigenvalue weighted by Crippen LogP contribution is 2.22. The highest BCUT2D eigenvalue weighted by molar-refractivity contribution is 5.95. The van der Waals surface area contributed by atoms with Crippen molar-refractivity contribution in [3.63, 3.8) is 0 Å². The topological polar surface area (TPSA) is 59.1 Å². The minimum atomic E-state index is 0.0176. The molecule has 0 fully saturated rings. The Bertz CT molecular complexity index is 855. The van der Waals surface area contributed by atoms with Gasteiger partial charge >= 0.3 is 0 Å². The van der Waals surface area contributed by atoms with Gasteiger partial charge in [-0.2, -0.15) is 0 Å². The summed E-state index contributed by atoms with van der Waals surface area (Å²) in [5, 5.41) is 4.05. The van der Waals surface area contributed by atoms with Crippen molar-refractivity contribution in [3.05, 3.63) is 65.7 Å². The Morgan fingerprint density at radius 1 is 1.09 bits per heavy atom. The van der Waals surface area contributed by atoms with E-state index < -0.39 is 0 Å². The van der Waals surface area contributed by atoms with Crippen molar-refractivity contribution in [3.8, 4) is 0 Å². The lowest BCUT2D eigenvalue weighted by Gasteiger charge is -2.10. The summed E-state index contributed by atoms with van der Waals surface area (Å²) in [4.78, 5) is 27.1. The number of carbonyl (C=O) groups is 2. The van der Waals surface area contributed by atoms with Gasteiger partial charge in [-0.1, -0.05) is 18.2 Å². The van der Waals surface area contributed by atoms with Crippen molar-refractivity contribution in [1.29, 1.82) is 0 Å². The van der Waals surface area contributed by atoms with Crippen molar-refractivity contribution in [2.24, 2.45) is 0 Å². The molecule has 0 atom stereocenters. The van der Waals surface area contributed by atoms with E-state index in [2.05, 4.69) is 10.3 Å². The zero-order chi connectivity index (χ0) is 15.5. The van der Waals surface area contributed by atoms with Crippen LogP contribution in [-0.2, 0) is 0 Å². The predicted octanol–water partition coefficient (Wildman–Crippen LogP) is 3.99. The van der Waals surface area contributed by atoms with Crippen LogP contribution in [0.5, 0.6) is 0 Å². The molecule has 0 bridgehead atoms. The summed E-state index contributed by atoms with van der Waals surface area (Å²) in [6.45, 7) is 1.53. The van der Waals surface area contributed by atoms with Crippen LogP contribution in [0.15, 0.2) is 54.6 Å². The molecule has 0 unspecified atom stereocenters. The quantitative estimate of drug-likeness (QED) is 0.583. The first-order chi connectivity index (χ1) is 10.7. The Kier molecular flexibility index (Phi) is 3.66. The Balaban J connectivity index is 1.98. The number of ketones is 1. The van der Waals surface area contributed by atoms with Gasteiger partial charge in [0.15, 0.2) is 12.1 Å². The number of fused-ring (bicyclic) bond motifs is 1. The molecule has 1 heterocycles. The maximum absolute atomic E-state index is 11.3. The number of nitrogens with one attached hydrogen (secondary N) is 1. The summed E-state index contributed by atoms with van der Waals surface area (Å²) >= 11 is 0. The van der Waals surface area contributed by atoms with E-state index in [9.17, 15) is 9.59 Å². The minimum absolute atomic E-state index is 0.0176. The molecule has 0 radical (unpaired) electrons. The average Bonchev–Trinajstić information content (AvgIpc) is 2.54. The molecule has 4 nitrogen and oxygen atoms in total. The van der Waals surface area contributed by atoms with E-state index in [1.165, 1.54) is 6.92 Å². The summed E-state index contributed by atoms with van der Waals surface area (Å²) in [6, 6.07) is 16.5. The molecule has 4 heteroatoms. The molecule has 0 amide bonds. The molecule has 3 rings (SSSR count). The van der Waals surface area contributed by atoms with E-state index in [-0.39, 0.29) is 5.78 Å². The number of pyridine rings is 1. The number of Topliss-reactive ketones (excluding diaryl/α,β-unsaturated/α-hetero) is 1. The second kappa shape index (κ2) is 5.77. The van der Waals surface area contributed by atoms with Crippen LogP contribution in [-0.4, -0.2) is 17.1 Å². The maximum Gasteiger partial charge on any atom is 0.159 e. The minimum Gasteiger partial charge on any atom is -0.340 e. The Morgan fingerprint density at radius 3 is 2.50 bits per heavy atom. The van der Waals surface area contributed by atoms with Gasteiger partial charge in [-0.3, -0.25) is 9.59 Å². The van der Waals surface area contributed by atoms with Crippen LogP contribution in [0.25, 0.3) is 10.9 Å². The zero-order valence-electron chi connectivity index (χ0n) is 12.0. The lowest BCUT2D eigenvalue weighted by Crippen LogP contribution is -2.00. The molecular weight excluding hydrogens is 276 g/mol. The molecule has 0 spiro atoms. The number of anilines is 2. The highest BCUT2D eigenvalue weighted by atomic mass is 16.1. The summed E-state index contributed by atoms with van der Waals surface area (Å²) in [7, 11) is 0. The molecule has 0 aliphatic carbocycles. The number of aldehydes is 1. The van der Waals surface area contributed by atoms with Gasteiger partial charge in [-0.25, -0.2) is 4.98 Å². The monoisotopic (exact) mass is 290 g/mol. The third-order valence-corrected chi connectivity index (χ3v) is 3.43. The maximum atomic E-state index is 11.3. The fourth-order valence-electron chi connectivity index (χ4n) is 2.25. The van der Waals surface area contributed by atoms with Crippen molar-refractivity contribution >= 4 is 34.5 Å². The molecule has 1 aromatic heterocycles. The largest absolute Gasteiger partial charge is 0.340 e. The van der Waals surface area contributed by atoms with E-state index in [4.69, 9.17) is 0 Å². The molecule has 3 aromatic rings. The van der Waals surface area contributed by atoms with Crippen molar-refractivity contribution in [2.75, 3.05) is 5.32 Å². The number of aromatic nitrogens is 1. The molecule has 108 valence electrons. The van der Waals surface area contributed by atoms with Gasteiger partial charge < -0.3 is 5.32 Å². The standard InChI is InChI=1S/C18H14N2O2/c1-12(22)13-6-8-16(9-7-13)19-18-15(11-21)10-14-4-2-3-5-17(14)20-18/h2-11H,1H3,(H,19,20). The number of carbonyl (C=O) groups excluding carboxylic acids is 2. The van der Waals surface area contributed by atoms with Crippen LogP contribution in [0.1, 0.15) is 27.6 Å². The van der Waals surface area contributed by atoms with Gasteiger partial charge in [0, 0.05) is 16.6 Å². The van der Waals surface area contributed by atoms with Crippen molar-refractivity contribution in [1.82, 2.24) is 4.98 Å². The first-order valence-corrected chi connectivity index (χ1v) is 6.90. The van der Waals surface area contributed by atoms with Crippen LogP contribution < -0.4 is 5.32 Å². The van der Waals surface area contributed by atoms with Crippen LogP contribution in [0.4, 0.5) is 11.5 Å². The van der Waals surface area contributed by atoms with E-state index in [0.29, 0.717) is 16.9 Å². The Hall–Kier alpha value is -3.01. The van der Waals surface area contributed by atoms with Crippen molar-refractivity contribution in [2.45, 2.75) is 6.92 Å². The van der Waals surface area contributed by atoms with Gasteiger partial charge in [0.2, 0.25) is 0 Å². The SMILES string of the molecule is CC(=O)c1ccc(Nc2nc3ccccc3cc2C=O)cc1. The molecule has 0 saturated carbocycles. The van der Waals surface area contributed by atoms with E-state index in [0.717, 1.165) is 22.9 Å². The van der Waals surface area contributed by atoms with Gasteiger partial charge in [0.05, 0.1) is 11.1 Å². The van der Waals surface area contributed by atoms with E-state index in [1.807, 2.05) is 30.3 Å². The smallest absolute Gasteiger partial charge is 0.159 e. The molecule has 2 aromatic carbocycles. The number of hydrogen-bond donors (Lipinski definition) is 1. The molecular formula is C18H14N2O2. The van der Waals surface area contributed by atoms with Gasteiger partial charge in [0.1, 0.15) is 5.82 Å². The fraction of sp³-hybridized carbons (Fsp3) is 0.0556. The third kappa shape index (κ3) is 2.72. The van der Waals surface area contributed by atoms with Gasteiger partial charge in [-0.05, 0) is 43.3 Å². The average molecular weight is 290 g/mol. The molecule has 0 aliphatic heterocycles. The fourth-order valence-corrected chi connectivity index (χ4v) is 2.25. The summed E-state index contributed by atoms with van der Waals surface area (Å²) in [5.74, 6) is 0.522. The predicted molar refractivity (Wildman–Crippen MR) is 86.9 cm³/mol. The lowest BCUT2D eigenvalue weighted by atomic mass is 10.1. The van der Waals surface area contributed by atoms with Crippen molar-refractivity contribution < 1.29 is 9.59 Å². The molecule has 0 aliphatic rings. The number of rotatable bonds is 4. The normalized spacial score (nSPS) is 10.4. The number of hydrogen-bond acceptors (Lipinski definition) is 4. The number of benzene rings is 2. The van der Waals surface area contributed by atoms with E-state index in [1.54, 1.807) is 24.3 Å². The molecule has 22 heavy (non-hydrogen) atoms. The van der Waals surface area contributed by atoms with Gasteiger partial charge in [0.25, 0.3) is 0 Å². The van der Waals surface area contributed by atoms with Crippen LogP contribution in [0.3, 0.4) is 0 Å². The van der Waals surface area contributed by atoms with E-state index >= 15 is 0 Å². The zero-order valence-corrected chi connectivity index (χ0v) is 12.0. The Labute approximate surface area is 127 Å². The van der Waals surface area contributed by atoms with Crippen LogP contribution in [0.2, 0.25) is 0 Å². The first kappa shape index (κ1) is 13.9. The number of para-hydroxylation sites is 1. The van der Waals surface area contributed by atoms with Gasteiger partial charge in [-0.15, -0.1) is 0 Å². The summed E-state index contributed by atoms with van der Waals surface area (Å²) < 4.78 is 0. The number of nitrogens with zero attached hydrogens (tertiary/aromatic N) is 1. The van der Waals surface area contributed by atoms with Crippen LogP contribution in [0, 0.1) is 0 Å². The Morgan fingerprint density at radius 2 is 1.82 bits per heavy atom. The van der Waals surface area contributed by atoms with Crippen LogP contribution >= 0.6 is 0 Å². The highest BCUT2D eigenvalue weighted by Gasteiger charge is 2.07.